The van der Waals surface area contributed by atoms with Gasteiger partial charge in [0.1, 0.15) is 11.6 Å². The Balaban J connectivity index is 1.61. The van der Waals surface area contributed by atoms with Gasteiger partial charge in [-0.1, -0.05) is 18.2 Å². The van der Waals surface area contributed by atoms with Gasteiger partial charge < -0.3 is 15.5 Å². The highest BCUT2D eigenvalue weighted by Gasteiger charge is 2.24. The van der Waals surface area contributed by atoms with Crippen molar-refractivity contribution in [1.82, 2.24) is 25.4 Å². The molecule has 0 radical (unpaired) electrons. The molecule has 0 unspecified atom stereocenters. The van der Waals surface area contributed by atoms with Crippen LogP contribution in [0.25, 0.3) is 0 Å². The van der Waals surface area contributed by atoms with Crippen LogP contribution in [0, 0.1) is 6.92 Å². The van der Waals surface area contributed by atoms with Crippen LogP contribution in [0.15, 0.2) is 24.3 Å². The second-order valence-electron chi connectivity index (χ2n) is 6.41. The minimum absolute atomic E-state index is 0.0801. The van der Waals surface area contributed by atoms with E-state index in [1.54, 1.807) is 0 Å². The van der Waals surface area contributed by atoms with Crippen molar-refractivity contribution in [2.45, 2.75) is 45.8 Å². The van der Waals surface area contributed by atoms with Gasteiger partial charge in [0.2, 0.25) is 0 Å². The molecule has 0 aliphatic carbocycles. The number of urea groups is 1. The van der Waals surface area contributed by atoms with Crippen LogP contribution in [0.5, 0.6) is 0 Å². The van der Waals surface area contributed by atoms with Crippen LogP contribution in [0.2, 0.25) is 0 Å². The number of aromatic nitrogens is 3. The number of nitrogens with one attached hydrogen (secondary N) is 2. The van der Waals surface area contributed by atoms with Gasteiger partial charge in [-0.05, 0) is 38.3 Å². The van der Waals surface area contributed by atoms with Crippen molar-refractivity contribution in [3.63, 3.8) is 0 Å². The number of carbonyl (C=O) groups is 1. The van der Waals surface area contributed by atoms with Gasteiger partial charge in [0.25, 0.3) is 0 Å². The molecule has 2 aromatic rings. The van der Waals surface area contributed by atoms with E-state index in [1.165, 1.54) is 0 Å². The zero-order valence-electron chi connectivity index (χ0n) is 15.1. The predicted molar refractivity (Wildman–Crippen MR) is 97.5 cm³/mol. The molecular formula is C18H26N6O. The fourth-order valence-corrected chi connectivity index (χ4v) is 3.19. The summed E-state index contributed by atoms with van der Waals surface area (Å²) < 4.78 is 1.90. The molecule has 3 rings (SSSR count). The number of para-hydroxylation sites is 1. The lowest BCUT2D eigenvalue weighted by atomic mass is 10.1. The van der Waals surface area contributed by atoms with Crippen LogP contribution < -0.4 is 15.5 Å². The number of amides is 2. The lowest BCUT2D eigenvalue weighted by Gasteiger charge is -2.24. The van der Waals surface area contributed by atoms with Crippen molar-refractivity contribution in [2.75, 3.05) is 18.5 Å². The molecule has 1 atom stereocenters. The third kappa shape index (κ3) is 3.92. The van der Waals surface area contributed by atoms with Crippen molar-refractivity contribution in [2.24, 2.45) is 0 Å². The maximum Gasteiger partial charge on any atom is 0.315 e. The van der Waals surface area contributed by atoms with Gasteiger partial charge in [0.05, 0.1) is 6.04 Å². The van der Waals surface area contributed by atoms with Crippen LogP contribution in [0.1, 0.15) is 43.0 Å². The number of hydrogen-bond acceptors (Lipinski definition) is 4. The fourth-order valence-electron chi connectivity index (χ4n) is 3.19. The summed E-state index contributed by atoms with van der Waals surface area (Å²) in [6.07, 6.45) is 1.88. The molecule has 2 heterocycles. The number of rotatable bonds is 5. The average Bonchev–Trinajstić information content (AvgIpc) is 3.01. The number of aryl methyl sites for hydroxylation is 2. The Labute approximate surface area is 148 Å². The Hall–Kier alpha value is -2.57. The lowest BCUT2D eigenvalue weighted by molar-refractivity contribution is 0.232. The highest BCUT2D eigenvalue weighted by molar-refractivity contribution is 5.74. The molecule has 2 amide bonds. The molecule has 134 valence electrons. The average molecular weight is 342 g/mol. The first-order chi connectivity index (χ1) is 12.1. The van der Waals surface area contributed by atoms with Crippen molar-refractivity contribution >= 4 is 11.7 Å². The summed E-state index contributed by atoms with van der Waals surface area (Å²) >= 11 is 0. The van der Waals surface area contributed by atoms with Gasteiger partial charge in [0, 0.05) is 32.4 Å². The maximum absolute atomic E-state index is 12.4. The minimum Gasteiger partial charge on any atom is -0.375 e. The number of carbonyl (C=O) groups excluding carboxylic acids is 1. The summed E-state index contributed by atoms with van der Waals surface area (Å²) in [5, 5.41) is 10.4. The number of benzene rings is 1. The first kappa shape index (κ1) is 17.3. The molecule has 25 heavy (non-hydrogen) atoms. The fraction of sp³-hybridized carbons (Fsp3) is 0.500. The highest BCUT2D eigenvalue weighted by atomic mass is 16.2. The summed E-state index contributed by atoms with van der Waals surface area (Å²) in [6, 6.07) is 7.88. The predicted octanol–water partition coefficient (Wildman–Crippen LogP) is 2.38. The van der Waals surface area contributed by atoms with E-state index in [9.17, 15) is 4.79 Å². The van der Waals surface area contributed by atoms with Crippen molar-refractivity contribution in [1.29, 1.82) is 0 Å². The van der Waals surface area contributed by atoms with Crippen LogP contribution in [-0.2, 0) is 13.1 Å². The molecule has 0 bridgehead atoms. The third-order valence-corrected chi connectivity index (χ3v) is 4.60. The first-order valence-corrected chi connectivity index (χ1v) is 8.83. The third-order valence-electron chi connectivity index (χ3n) is 4.60. The molecule has 0 saturated heterocycles. The van der Waals surface area contributed by atoms with E-state index in [1.807, 2.05) is 29.8 Å². The molecule has 0 fully saturated rings. The Bertz CT molecular complexity index is 741. The van der Waals surface area contributed by atoms with Crippen LogP contribution in [-0.4, -0.2) is 34.4 Å². The van der Waals surface area contributed by atoms with E-state index < -0.39 is 0 Å². The molecular weight excluding hydrogens is 316 g/mol. The molecule has 1 aromatic heterocycles. The molecule has 1 aliphatic rings. The highest BCUT2D eigenvalue weighted by Crippen LogP contribution is 2.23. The Morgan fingerprint density at radius 2 is 2.20 bits per heavy atom. The SMILES string of the molecule is CCN(C)c1ccccc1CNC(=O)N[C@H]1CCCn2nc(C)nc21. The summed E-state index contributed by atoms with van der Waals surface area (Å²) in [5.41, 5.74) is 2.24. The monoisotopic (exact) mass is 342 g/mol. The second kappa shape index (κ2) is 7.55. The van der Waals surface area contributed by atoms with E-state index in [0.29, 0.717) is 6.54 Å². The Kier molecular flexibility index (Phi) is 5.21. The van der Waals surface area contributed by atoms with Crippen molar-refractivity contribution in [3.05, 3.63) is 41.5 Å². The van der Waals surface area contributed by atoms with E-state index in [4.69, 9.17) is 0 Å². The van der Waals surface area contributed by atoms with E-state index in [-0.39, 0.29) is 12.1 Å². The summed E-state index contributed by atoms with van der Waals surface area (Å²) in [6.45, 7) is 6.26. The van der Waals surface area contributed by atoms with Gasteiger partial charge in [-0.15, -0.1) is 0 Å². The second-order valence-corrected chi connectivity index (χ2v) is 6.41. The molecule has 2 N–H and O–H groups in total. The van der Waals surface area contributed by atoms with E-state index >= 15 is 0 Å². The maximum atomic E-state index is 12.4. The van der Waals surface area contributed by atoms with Gasteiger partial charge in [-0.2, -0.15) is 5.10 Å². The quantitative estimate of drug-likeness (QED) is 0.875. The summed E-state index contributed by atoms with van der Waals surface area (Å²) in [7, 11) is 2.05. The molecule has 1 aliphatic heterocycles. The first-order valence-electron chi connectivity index (χ1n) is 8.83. The van der Waals surface area contributed by atoms with Gasteiger partial charge in [0.15, 0.2) is 0 Å². The van der Waals surface area contributed by atoms with E-state index in [0.717, 1.165) is 48.8 Å². The van der Waals surface area contributed by atoms with Crippen molar-refractivity contribution in [3.8, 4) is 0 Å². The molecule has 7 nitrogen and oxygen atoms in total. The minimum atomic E-state index is -0.173. The van der Waals surface area contributed by atoms with Gasteiger partial charge in [-0.25, -0.2) is 14.5 Å². The zero-order chi connectivity index (χ0) is 17.8. The zero-order valence-corrected chi connectivity index (χ0v) is 15.1. The van der Waals surface area contributed by atoms with Crippen LogP contribution in [0.3, 0.4) is 0 Å². The van der Waals surface area contributed by atoms with Crippen molar-refractivity contribution < 1.29 is 4.79 Å². The number of fused-ring (bicyclic) bond motifs is 1. The summed E-state index contributed by atoms with van der Waals surface area (Å²) in [5.74, 6) is 1.60. The molecule has 7 heteroatoms. The smallest absolute Gasteiger partial charge is 0.315 e. The van der Waals surface area contributed by atoms with Gasteiger partial charge >= 0.3 is 6.03 Å². The summed E-state index contributed by atoms with van der Waals surface area (Å²) in [4.78, 5) is 19.0. The van der Waals surface area contributed by atoms with Crippen LogP contribution in [0.4, 0.5) is 10.5 Å². The standard InChI is InChI=1S/C18H26N6O/c1-4-23(3)16-10-6-5-8-14(16)12-19-18(25)21-15-9-7-11-24-17(15)20-13(2)22-24/h5-6,8,10,15H,4,7,9,11-12H2,1-3H3,(H2,19,21,25)/t15-/m0/s1. The van der Waals surface area contributed by atoms with Gasteiger partial charge in [-0.3, -0.25) is 0 Å². The molecule has 1 aromatic carbocycles. The van der Waals surface area contributed by atoms with E-state index in [2.05, 4.69) is 45.7 Å². The van der Waals surface area contributed by atoms with Crippen LogP contribution >= 0.6 is 0 Å². The number of nitrogens with zero attached hydrogens (tertiary/aromatic N) is 4. The molecule has 0 saturated carbocycles. The number of anilines is 1. The largest absolute Gasteiger partial charge is 0.375 e. The number of hydrogen-bond donors (Lipinski definition) is 2. The lowest BCUT2D eigenvalue weighted by Crippen LogP contribution is -2.40. The normalized spacial score (nSPS) is 16.2. The Morgan fingerprint density at radius 1 is 1.40 bits per heavy atom. The Morgan fingerprint density at radius 3 is 3.00 bits per heavy atom. The molecule has 0 spiro atoms. The topological polar surface area (TPSA) is 75.1 Å².